The Morgan fingerprint density at radius 3 is 2.65 bits per heavy atom. The fourth-order valence-corrected chi connectivity index (χ4v) is 3.29. The van der Waals surface area contributed by atoms with Crippen molar-refractivity contribution in [2.24, 2.45) is 7.05 Å². The number of hydrogen-bond donors (Lipinski definition) is 2. The van der Waals surface area contributed by atoms with Crippen molar-refractivity contribution in [1.82, 2.24) is 20.1 Å². The summed E-state index contributed by atoms with van der Waals surface area (Å²) in [5, 5.41) is 18.2. The largest absolute Gasteiger partial charge is 0.476 e. The Hall–Kier alpha value is -2.22. The third-order valence-corrected chi connectivity index (χ3v) is 4.71. The van der Waals surface area contributed by atoms with E-state index in [1.54, 1.807) is 4.68 Å². The molecule has 0 fully saturated rings. The normalized spacial score (nSPS) is 12.2. The van der Waals surface area contributed by atoms with E-state index in [0.717, 1.165) is 17.0 Å². The van der Waals surface area contributed by atoms with Crippen LogP contribution in [0.2, 0.25) is 0 Å². The van der Waals surface area contributed by atoms with Crippen LogP contribution in [0.15, 0.2) is 5.38 Å². The van der Waals surface area contributed by atoms with Gasteiger partial charge in [0.2, 0.25) is 5.91 Å². The molecule has 0 aliphatic rings. The Morgan fingerprint density at radius 1 is 1.43 bits per heavy atom. The first kappa shape index (κ1) is 17.1. The molecule has 1 unspecified atom stereocenters. The van der Waals surface area contributed by atoms with Crippen LogP contribution in [0.3, 0.4) is 0 Å². The van der Waals surface area contributed by atoms with Gasteiger partial charge in [-0.2, -0.15) is 5.10 Å². The van der Waals surface area contributed by atoms with Crippen LogP contribution in [-0.4, -0.2) is 38.3 Å². The van der Waals surface area contributed by atoms with Crippen molar-refractivity contribution in [3.63, 3.8) is 0 Å². The van der Waals surface area contributed by atoms with Gasteiger partial charge in [-0.25, -0.2) is 9.78 Å². The van der Waals surface area contributed by atoms with Crippen molar-refractivity contribution in [3.8, 4) is 0 Å². The zero-order valence-electron chi connectivity index (χ0n) is 13.6. The number of rotatable bonds is 6. The molecule has 1 atom stereocenters. The molecular formula is C15H20N4O3S. The molecule has 7 nitrogen and oxygen atoms in total. The maximum Gasteiger partial charge on any atom is 0.355 e. The number of carbonyl (C=O) groups excluding carboxylic acids is 1. The quantitative estimate of drug-likeness (QED) is 0.836. The van der Waals surface area contributed by atoms with E-state index in [1.807, 2.05) is 27.8 Å². The average Bonchev–Trinajstić information content (AvgIpc) is 3.04. The number of aromatic nitrogens is 3. The number of amides is 1. The maximum atomic E-state index is 12.3. The molecule has 23 heavy (non-hydrogen) atoms. The Morgan fingerprint density at radius 2 is 2.13 bits per heavy atom. The molecular weight excluding hydrogens is 316 g/mol. The second-order valence-electron chi connectivity index (χ2n) is 5.40. The van der Waals surface area contributed by atoms with Crippen molar-refractivity contribution in [2.45, 2.75) is 33.1 Å². The Bertz CT molecular complexity index is 735. The molecule has 0 bridgehead atoms. The molecule has 0 saturated heterocycles. The van der Waals surface area contributed by atoms with E-state index >= 15 is 0 Å². The van der Waals surface area contributed by atoms with Gasteiger partial charge in [0.05, 0.1) is 16.6 Å². The van der Waals surface area contributed by atoms with Gasteiger partial charge in [0, 0.05) is 36.7 Å². The molecule has 8 heteroatoms. The van der Waals surface area contributed by atoms with Crippen LogP contribution in [0, 0.1) is 13.8 Å². The van der Waals surface area contributed by atoms with Crippen LogP contribution in [0.25, 0.3) is 0 Å². The summed E-state index contributed by atoms with van der Waals surface area (Å²) in [6.07, 6.45) is 0.515. The minimum atomic E-state index is -1.03. The predicted molar refractivity (Wildman–Crippen MR) is 86.9 cm³/mol. The van der Waals surface area contributed by atoms with Crippen LogP contribution in [0.5, 0.6) is 0 Å². The molecule has 0 aromatic carbocycles. The lowest BCUT2D eigenvalue weighted by Crippen LogP contribution is -2.30. The molecule has 2 aromatic heterocycles. The summed E-state index contributed by atoms with van der Waals surface area (Å²) >= 11 is 1.29. The SMILES string of the molecule is Cc1nn(C)c(C)c1C(C)C(=O)NCCc1nc(C(=O)O)cs1. The summed E-state index contributed by atoms with van der Waals surface area (Å²) in [6.45, 7) is 6.13. The smallest absolute Gasteiger partial charge is 0.355 e. The number of carboxylic acids is 1. The molecule has 0 aliphatic carbocycles. The first-order valence-electron chi connectivity index (χ1n) is 7.26. The van der Waals surface area contributed by atoms with E-state index in [0.29, 0.717) is 18.0 Å². The molecule has 2 rings (SSSR count). The fourth-order valence-electron chi connectivity index (χ4n) is 2.52. The van der Waals surface area contributed by atoms with Gasteiger partial charge in [-0.1, -0.05) is 0 Å². The van der Waals surface area contributed by atoms with Crippen molar-refractivity contribution in [1.29, 1.82) is 0 Å². The Kier molecular flexibility index (Phi) is 5.15. The van der Waals surface area contributed by atoms with Crippen molar-refractivity contribution >= 4 is 23.2 Å². The summed E-state index contributed by atoms with van der Waals surface area (Å²) in [7, 11) is 1.86. The second kappa shape index (κ2) is 6.91. The summed E-state index contributed by atoms with van der Waals surface area (Å²) < 4.78 is 1.78. The van der Waals surface area contributed by atoms with Crippen LogP contribution < -0.4 is 5.32 Å². The highest BCUT2D eigenvalue weighted by molar-refractivity contribution is 7.09. The van der Waals surface area contributed by atoms with Crippen LogP contribution >= 0.6 is 11.3 Å². The highest BCUT2D eigenvalue weighted by Crippen LogP contribution is 2.22. The van der Waals surface area contributed by atoms with Gasteiger partial charge in [0.25, 0.3) is 0 Å². The zero-order chi connectivity index (χ0) is 17.1. The molecule has 124 valence electrons. The number of hydrogen-bond acceptors (Lipinski definition) is 5. The lowest BCUT2D eigenvalue weighted by atomic mass is 9.98. The number of aryl methyl sites for hydroxylation is 2. The van der Waals surface area contributed by atoms with Gasteiger partial charge < -0.3 is 10.4 Å². The van der Waals surface area contributed by atoms with Crippen LogP contribution in [0.1, 0.15) is 45.3 Å². The van der Waals surface area contributed by atoms with Crippen molar-refractivity contribution < 1.29 is 14.7 Å². The lowest BCUT2D eigenvalue weighted by Gasteiger charge is -2.12. The second-order valence-corrected chi connectivity index (χ2v) is 6.35. The monoisotopic (exact) mass is 336 g/mol. The molecule has 2 heterocycles. The Balaban J connectivity index is 1.92. The third kappa shape index (κ3) is 3.76. The summed E-state index contributed by atoms with van der Waals surface area (Å²) in [4.78, 5) is 27.1. The molecule has 0 saturated carbocycles. The average molecular weight is 336 g/mol. The lowest BCUT2D eigenvalue weighted by molar-refractivity contribution is -0.122. The minimum absolute atomic E-state index is 0.0475. The molecule has 1 amide bonds. The highest BCUT2D eigenvalue weighted by atomic mass is 32.1. The maximum absolute atomic E-state index is 12.3. The van der Waals surface area contributed by atoms with E-state index in [1.165, 1.54) is 16.7 Å². The number of carboxylic acid groups (broad SMARTS) is 1. The van der Waals surface area contributed by atoms with E-state index in [-0.39, 0.29) is 17.5 Å². The fraction of sp³-hybridized carbons (Fsp3) is 0.467. The minimum Gasteiger partial charge on any atom is -0.476 e. The number of nitrogens with zero attached hydrogens (tertiary/aromatic N) is 3. The van der Waals surface area contributed by atoms with Crippen molar-refractivity contribution in [2.75, 3.05) is 6.54 Å². The van der Waals surface area contributed by atoms with E-state index in [2.05, 4.69) is 15.4 Å². The van der Waals surface area contributed by atoms with Gasteiger partial charge in [-0.3, -0.25) is 9.48 Å². The molecule has 0 aliphatic heterocycles. The first-order valence-corrected chi connectivity index (χ1v) is 8.14. The standard InChI is InChI=1S/C15H20N4O3S/c1-8(13-9(2)18-19(4)10(13)3)14(20)16-6-5-12-17-11(7-23-12)15(21)22/h7-8H,5-6H2,1-4H3,(H,16,20)(H,21,22). The highest BCUT2D eigenvalue weighted by Gasteiger charge is 2.22. The number of thiazole rings is 1. The van der Waals surface area contributed by atoms with Gasteiger partial charge in [-0.15, -0.1) is 11.3 Å². The molecule has 2 N–H and O–H groups in total. The molecule has 0 spiro atoms. The first-order chi connectivity index (χ1) is 10.8. The topological polar surface area (TPSA) is 97.1 Å². The zero-order valence-corrected chi connectivity index (χ0v) is 14.4. The van der Waals surface area contributed by atoms with Crippen LogP contribution in [-0.2, 0) is 18.3 Å². The van der Waals surface area contributed by atoms with E-state index in [4.69, 9.17) is 5.11 Å². The predicted octanol–water partition coefficient (Wildman–Crippen LogP) is 1.65. The molecule has 2 aromatic rings. The summed E-state index contributed by atoms with van der Waals surface area (Å²) in [5.41, 5.74) is 2.84. The van der Waals surface area contributed by atoms with Gasteiger partial charge >= 0.3 is 5.97 Å². The number of carbonyl (C=O) groups is 2. The van der Waals surface area contributed by atoms with Gasteiger partial charge in [0.1, 0.15) is 0 Å². The Labute approximate surface area is 138 Å². The van der Waals surface area contributed by atoms with E-state index in [9.17, 15) is 9.59 Å². The van der Waals surface area contributed by atoms with E-state index < -0.39 is 5.97 Å². The van der Waals surface area contributed by atoms with Crippen LogP contribution in [0.4, 0.5) is 0 Å². The number of aromatic carboxylic acids is 1. The molecule has 0 radical (unpaired) electrons. The van der Waals surface area contributed by atoms with Gasteiger partial charge in [-0.05, 0) is 20.8 Å². The van der Waals surface area contributed by atoms with Gasteiger partial charge in [0.15, 0.2) is 5.69 Å². The van der Waals surface area contributed by atoms with Crippen molar-refractivity contribution in [3.05, 3.63) is 33.0 Å². The number of nitrogens with one attached hydrogen (secondary N) is 1. The summed E-state index contributed by atoms with van der Waals surface area (Å²) in [5.74, 6) is -1.39. The summed E-state index contributed by atoms with van der Waals surface area (Å²) in [6, 6.07) is 0. The third-order valence-electron chi connectivity index (χ3n) is 3.80.